The molecule has 0 heterocycles. The van der Waals surface area contributed by atoms with E-state index in [9.17, 15) is 4.79 Å². The Morgan fingerprint density at radius 2 is 2.38 bits per heavy atom. The van der Waals surface area contributed by atoms with Crippen LogP contribution in [0.5, 0.6) is 0 Å². The van der Waals surface area contributed by atoms with Gasteiger partial charge >= 0.3 is 5.97 Å². The topological polar surface area (TPSA) is 49.3 Å². The normalized spacial score (nSPS) is 19.2. The maximum absolute atomic E-state index is 10.1. The summed E-state index contributed by atoms with van der Waals surface area (Å²) in [5.41, 5.74) is 0. The second-order valence-corrected chi connectivity index (χ2v) is 3.73. The summed E-state index contributed by atoms with van der Waals surface area (Å²) in [4.78, 5) is 10.1. The molecule has 1 aliphatic carbocycles. The first-order chi connectivity index (χ1) is 6.18. The van der Waals surface area contributed by atoms with Crippen LogP contribution >= 0.6 is 0 Å². The Labute approximate surface area is 78.8 Å². The molecule has 0 spiro atoms. The fourth-order valence-electron chi connectivity index (χ4n) is 1.37. The summed E-state index contributed by atoms with van der Waals surface area (Å²) in [6, 6.07) is 0.506. The van der Waals surface area contributed by atoms with Crippen molar-refractivity contribution < 1.29 is 9.90 Å². The Morgan fingerprint density at radius 3 is 2.92 bits per heavy atom. The van der Waals surface area contributed by atoms with Gasteiger partial charge in [0.1, 0.15) is 0 Å². The van der Waals surface area contributed by atoms with Gasteiger partial charge in [0, 0.05) is 18.7 Å². The molecule has 13 heavy (non-hydrogen) atoms. The number of carboxylic acid groups (broad SMARTS) is 1. The SMILES string of the molecule is CC(CC1CC1)NC/C=C/C(=O)O. The maximum atomic E-state index is 10.1. The summed E-state index contributed by atoms with van der Waals surface area (Å²) in [5, 5.41) is 11.6. The average Bonchev–Trinajstić information content (AvgIpc) is 2.81. The summed E-state index contributed by atoms with van der Waals surface area (Å²) in [6.45, 7) is 2.80. The summed E-state index contributed by atoms with van der Waals surface area (Å²) < 4.78 is 0. The number of carboxylic acids is 1. The Balaban J connectivity index is 2.00. The second-order valence-electron chi connectivity index (χ2n) is 3.73. The number of aliphatic carboxylic acids is 1. The third-order valence-corrected chi connectivity index (χ3v) is 2.23. The smallest absolute Gasteiger partial charge is 0.328 e. The highest BCUT2D eigenvalue weighted by molar-refractivity contribution is 5.79. The van der Waals surface area contributed by atoms with Crippen LogP contribution in [0.15, 0.2) is 12.2 Å². The molecule has 0 aromatic carbocycles. The van der Waals surface area contributed by atoms with Crippen molar-refractivity contribution in [2.45, 2.75) is 32.2 Å². The molecule has 0 amide bonds. The number of carbonyl (C=O) groups is 1. The van der Waals surface area contributed by atoms with E-state index in [2.05, 4.69) is 12.2 Å². The minimum absolute atomic E-state index is 0.506. The fraction of sp³-hybridized carbons (Fsp3) is 0.700. The van der Waals surface area contributed by atoms with Crippen LogP contribution in [0.4, 0.5) is 0 Å². The van der Waals surface area contributed by atoms with E-state index in [1.54, 1.807) is 6.08 Å². The van der Waals surface area contributed by atoms with Crippen LogP contribution in [-0.4, -0.2) is 23.7 Å². The molecule has 1 unspecified atom stereocenters. The molecule has 0 bridgehead atoms. The van der Waals surface area contributed by atoms with E-state index in [0.29, 0.717) is 12.6 Å². The van der Waals surface area contributed by atoms with Crippen LogP contribution in [0.25, 0.3) is 0 Å². The molecule has 1 saturated carbocycles. The largest absolute Gasteiger partial charge is 0.478 e. The van der Waals surface area contributed by atoms with E-state index in [1.807, 2.05) is 0 Å². The van der Waals surface area contributed by atoms with E-state index in [0.717, 1.165) is 5.92 Å². The molecular formula is C10H17NO2. The monoisotopic (exact) mass is 183 g/mol. The molecule has 1 fully saturated rings. The highest BCUT2D eigenvalue weighted by atomic mass is 16.4. The van der Waals surface area contributed by atoms with E-state index in [-0.39, 0.29) is 0 Å². The molecular weight excluding hydrogens is 166 g/mol. The van der Waals surface area contributed by atoms with Crippen LogP contribution in [0.3, 0.4) is 0 Å². The van der Waals surface area contributed by atoms with Crippen molar-refractivity contribution in [2.24, 2.45) is 5.92 Å². The fourth-order valence-corrected chi connectivity index (χ4v) is 1.37. The molecule has 0 aromatic rings. The molecule has 0 saturated heterocycles. The lowest BCUT2D eigenvalue weighted by molar-refractivity contribution is -0.131. The van der Waals surface area contributed by atoms with E-state index >= 15 is 0 Å². The summed E-state index contributed by atoms with van der Waals surface area (Å²) >= 11 is 0. The van der Waals surface area contributed by atoms with Crippen molar-refractivity contribution in [3.05, 3.63) is 12.2 Å². The van der Waals surface area contributed by atoms with Gasteiger partial charge in [0.25, 0.3) is 0 Å². The van der Waals surface area contributed by atoms with E-state index in [1.165, 1.54) is 25.3 Å². The average molecular weight is 183 g/mol. The van der Waals surface area contributed by atoms with Crippen molar-refractivity contribution >= 4 is 5.97 Å². The first-order valence-corrected chi connectivity index (χ1v) is 4.81. The Bertz CT molecular complexity index is 197. The summed E-state index contributed by atoms with van der Waals surface area (Å²) in [7, 11) is 0. The van der Waals surface area contributed by atoms with Crippen LogP contribution in [0.1, 0.15) is 26.2 Å². The second kappa shape index (κ2) is 5.02. The highest BCUT2D eigenvalue weighted by Gasteiger charge is 2.22. The van der Waals surface area contributed by atoms with Gasteiger partial charge in [-0.05, 0) is 19.3 Å². The van der Waals surface area contributed by atoms with Gasteiger partial charge in [-0.25, -0.2) is 4.79 Å². The molecule has 74 valence electrons. The third kappa shape index (κ3) is 5.42. The van der Waals surface area contributed by atoms with Crippen molar-refractivity contribution in [1.29, 1.82) is 0 Å². The zero-order valence-electron chi connectivity index (χ0n) is 7.99. The number of hydrogen-bond acceptors (Lipinski definition) is 2. The van der Waals surface area contributed by atoms with Crippen LogP contribution < -0.4 is 5.32 Å². The quantitative estimate of drug-likeness (QED) is 0.612. The molecule has 1 atom stereocenters. The van der Waals surface area contributed by atoms with Crippen molar-refractivity contribution in [3.8, 4) is 0 Å². The number of hydrogen-bond donors (Lipinski definition) is 2. The van der Waals surface area contributed by atoms with Crippen LogP contribution in [0, 0.1) is 5.92 Å². The third-order valence-electron chi connectivity index (χ3n) is 2.23. The van der Waals surface area contributed by atoms with Crippen molar-refractivity contribution in [2.75, 3.05) is 6.54 Å². The van der Waals surface area contributed by atoms with Gasteiger partial charge in [-0.15, -0.1) is 0 Å². The Morgan fingerprint density at radius 1 is 1.69 bits per heavy atom. The molecule has 1 rings (SSSR count). The standard InChI is InChI=1S/C10H17NO2/c1-8(7-9-4-5-9)11-6-2-3-10(12)13/h2-3,8-9,11H,4-7H2,1H3,(H,12,13)/b3-2+. The Hall–Kier alpha value is -0.830. The molecule has 1 aliphatic rings. The lowest BCUT2D eigenvalue weighted by Crippen LogP contribution is -2.26. The summed E-state index contributed by atoms with van der Waals surface area (Å²) in [5.74, 6) is 0.0441. The molecule has 0 aromatic heterocycles. The molecule has 3 heteroatoms. The zero-order chi connectivity index (χ0) is 9.68. The van der Waals surface area contributed by atoms with Gasteiger partial charge < -0.3 is 10.4 Å². The van der Waals surface area contributed by atoms with Gasteiger partial charge in [0.05, 0.1) is 0 Å². The van der Waals surface area contributed by atoms with E-state index < -0.39 is 5.97 Å². The number of rotatable bonds is 6. The van der Waals surface area contributed by atoms with Crippen LogP contribution in [-0.2, 0) is 4.79 Å². The number of nitrogens with one attached hydrogen (secondary N) is 1. The minimum Gasteiger partial charge on any atom is -0.478 e. The van der Waals surface area contributed by atoms with Crippen molar-refractivity contribution in [1.82, 2.24) is 5.32 Å². The van der Waals surface area contributed by atoms with Gasteiger partial charge in [0.15, 0.2) is 0 Å². The predicted octanol–water partition coefficient (Wildman–Crippen LogP) is 1.41. The first-order valence-electron chi connectivity index (χ1n) is 4.81. The lowest BCUT2D eigenvalue weighted by atomic mass is 10.1. The van der Waals surface area contributed by atoms with Crippen LogP contribution in [0.2, 0.25) is 0 Å². The van der Waals surface area contributed by atoms with Crippen molar-refractivity contribution in [3.63, 3.8) is 0 Å². The van der Waals surface area contributed by atoms with Gasteiger partial charge in [-0.2, -0.15) is 0 Å². The van der Waals surface area contributed by atoms with Gasteiger partial charge in [-0.1, -0.05) is 18.9 Å². The molecule has 0 radical (unpaired) electrons. The predicted molar refractivity (Wildman–Crippen MR) is 51.6 cm³/mol. The van der Waals surface area contributed by atoms with Gasteiger partial charge in [-0.3, -0.25) is 0 Å². The molecule has 3 nitrogen and oxygen atoms in total. The maximum Gasteiger partial charge on any atom is 0.328 e. The summed E-state index contributed by atoms with van der Waals surface area (Å²) in [6.07, 6.45) is 6.79. The molecule has 2 N–H and O–H groups in total. The first kappa shape index (κ1) is 10.3. The highest BCUT2D eigenvalue weighted by Crippen LogP contribution is 2.33. The Kier molecular flexibility index (Phi) is 3.96. The van der Waals surface area contributed by atoms with Gasteiger partial charge in [0.2, 0.25) is 0 Å². The molecule has 0 aliphatic heterocycles. The minimum atomic E-state index is -0.878. The zero-order valence-corrected chi connectivity index (χ0v) is 7.99. The van der Waals surface area contributed by atoms with E-state index in [4.69, 9.17) is 5.11 Å². The lowest BCUT2D eigenvalue weighted by Gasteiger charge is -2.10.